The molecular formula is C7H14N4S. The van der Waals surface area contributed by atoms with E-state index in [0.717, 1.165) is 23.2 Å². The predicted molar refractivity (Wildman–Crippen MR) is 50.2 cm³/mol. The second kappa shape index (κ2) is 4.47. The van der Waals surface area contributed by atoms with Crippen molar-refractivity contribution in [2.75, 3.05) is 12.3 Å². The minimum absolute atomic E-state index is 0.628. The zero-order valence-corrected chi connectivity index (χ0v) is 8.27. The van der Waals surface area contributed by atoms with E-state index < -0.39 is 0 Å². The first-order chi connectivity index (χ1) is 5.79. The molecule has 0 aliphatic carbocycles. The Morgan fingerprint density at radius 1 is 1.50 bits per heavy atom. The van der Waals surface area contributed by atoms with Crippen LogP contribution >= 0.6 is 11.8 Å². The van der Waals surface area contributed by atoms with E-state index in [1.807, 2.05) is 11.6 Å². The molecule has 1 aromatic heterocycles. The van der Waals surface area contributed by atoms with Gasteiger partial charge in [-0.25, -0.2) is 0 Å². The lowest BCUT2D eigenvalue weighted by molar-refractivity contribution is 0.727. The summed E-state index contributed by atoms with van der Waals surface area (Å²) < 4.78 is 2.00. The molecule has 5 heteroatoms. The Hall–Kier alpha value is -0.550. The molecular weight excluding hydrogens is 172 g/mol. The molecule has 0 bridgehead atoms. The maximum atomic E-state index is 5.42. The average molecular weight is 186 g/mol. The van der Waals surface area contributed by atoms with Gasteiger partial charge in [0.05, 0.1) is 0 Å². The molecule has 12 heavy (non-hydrogen) atoms. The van der Waals surface area contributed by atoms with Crippen LogP contribution in [0.15, 0.2) is 5.16 Å². The van der Waals surface area contributed by atoms with E-state index in [0.29, 0.717) is 6.54 Å². The number of nitrogens with two attached hydrogens (primary N) is 1. The van der Waals surface area contributed by atoms with Crippen molar-refractivity contribution in [2.45, 2.75) is 18.5 Å². The number of aromatic nitrogens is 3. The molecule has 4 nitrogen and oxygen atoms in total. The van der Waals surface area contributed by atoms with Crippen molar-refractivity contribution in [2.24, 2.45) is 12.8 Å². The fraction of sp³-hybridized carbons (Fsp3) is 0.714. The molecule has 2 N–H and O–H groups in total. The van der Waals surface area contributed by atoms with Gasteiger partial charge in [-0.2, -0.15) is 0 Å². The molecule has 1 heterocycles. The summed E-state index contributed by atoms with van der Waals surface area (Å²) in [5, 5.41) is 9.05. The molecule has 0 spiro atoms. The summed E-state index contributed by atoms with van der Waals surface area (Å²) in [6, 6.07) is 0. The van der Waals surface area contributed by atoms with Crippen molar-refractivity contribution in [3.63, 3.8) is 0 Å². The van der Waals surface area contributed by atoms with Gasteiger partial charge in [0.2, 0.25) is 0 Å². The zero-order chi connectivity index (χ0) is 8.97. The van der Waals surface area contributed by atoms with E-state index in [-0.39, 0.29) is 0 Å². The lowest BCUT2D eigenvalue weighted by atomic mass is 10.4. The van der Waals surface area contributed by atoms with E-state index in [2.05, 4.69) is 17.1 Å². The SMILES string of the molecule is CCSc1nnc(CCN)n1C. The number of thioether (sulfide) groups is 1. The van der Waals surface area contributed by atoms with Gasteiger partial charge in [-0.1, -0.05) is 18.7 Å². The molecule has 0 saturated heterocycles. The van der Waals surface area contributed by atoms with E-state index >= 15 is 0 Å². The summed E-state index contributed by atoms with van der Waals surface area (Å²) in [5.41, 5.74) is 5.42. The molecule has 0 saturated carbocycles. The number of hydrogen-bond acceptors (Lipinski definition) is 4. The Morgan fingerprint density at radius 3 is 2.83 bits per heavy atom. The first-order valence-electron chi connectivity index (χ1n) is 4.00. The topological polar surface area (TPSA) is 56.7 Å². The molecule has 0 aliphatic rings. The van der Waals surface area contributed by atoms with Crippen LogP contribution in [0, 0.1) is 0 Å². The summed E-state index contributed by atoms with van der Waals surface area (Å²) in [5.74, 6) is 1.99. The van der Waals surface area contributed by atoms with Crippen LogP contribution < -0.4 is 5.73 Å². The van der Waals surface area contributed by atoms with E-state index in [4.69, 9.17) is 5.73 Å². The third-order valence-electron chi connectivity index (χ3n) is 1.57. The van der Waals surface area contributed by atoms with Gasteiger partial charge in [0, 0.05) is 13.5 Å². The minimum Gasteiger partial charge on any atom is -0.330 e. The molecule has 0 unspecified atom stereocenters. The van der Waals surface area contributed by atoms with E-state index in [1.165, 1.54) is 0 Å². The lowest BCUT2D eigenvalue weighted by Crippen LogP contribution is -2.08. The van der Waals surface area contributed by atoms with Crippen LogP contribution in [0.4, 0.5) is 0 Å². The smallest absolute Gasteiger partial charge is 0.190 e. The summed E-state index contributed by atoms with van der Waals surface area (Å²) >= 11 is 1.70. The normalized spacial score (nSPS) is 10.6. The second-order valence-electron chi connectivity index (χ2n) is 2.43. The van der Waals surface area contributed by atoms with Gasteiger partial charge in [-0.15, -0.1) is 10.2 Å². The van der Waals surface area contributed by atoms with Crippen LogP contribution in [0.1, 0.15) is 12.7 Å². The highest BCUT2D eigenvalue weighted by Gasteiger charge is 2.06. The van der Waals surface area contributed by atoms with Crippen molar-refractivity contribution < 1.29 is 0 Å². The molecule has 0 aliphatic heterocycles. The number of hydrogen-bond donors (Lipinski definition) is 1. The molecule has 0 radical (unpaired) electrons. The van der Waals surface area contributed by atoms with Gasteiger partial charge in [-0.05, 0) is 12.3 Å². The van der Waals surface area contributed by atoms with E-state index in [1.54, 1.807) is 11.8 Å². The third kappa shape index (κ3) is 1.98. The first-order valence-corrected chi connectivity index (χ1v) is 4.99. The van der Waals surface area contributed by atoms with Crippen LogP contribution in [0.3, 0.4) is 0 Å². The molecule has 68 valence electrons. The maximum Gasteiger partial charge on any atom is 0.190 e. The predicted octanol–water partition coefficient (Wildman–Crippen LogP) is 0.428. The second-order valence-corrected chi connectivity index (χ2v) is 3.66. The minimum atomic E-state index is 0.628. The van der Waals surface area contributed by atoms with Crippen LogP contribution in [0.5, 0.6) is 0 Å². The molecule has 0 aromatic carbocycles. The molecule has 0 fully saturated rings. The van der Waals surface area contributed by atoms with Crippen molar-refractivity contribution in [3.8, 4) is 0 Å². The van der Waals surface area contributed by atoms with Crippen molar-refractivity contribution >= 4 is 11.8 Å². The van der Waals surface area contributed by atoms with Crippen molar-refractivity contribution in [1.82, 2.24) is 14.8 Å². The lowest BCUT2D eigenvalue weighted by Gasteiger charge is -2.00. The van der Waals surface area contributed by atoms with Crippen LogP contribution in [-0.4, -0.2) is 27.1 Å². The van der Waals surface area contributed by atoms with Gasteiger partial charge in [0.25, 0.3) is 0 Å². The monoisotopic (exact) mass is 186 g/mol. The third-order valence-corrected chi connectivity index (χ3v) is 2.47. The molecule has 1 rings (SSSR count). The fourth-order valence-electron chi connectivity index (χ4n) is 0.947. The van der Waals surface area contributed by atoms with Crippen LogP contribution in [0.25, 0.3) is 0 Å². The highest BCUT2D eigenvalue weighted by atomic mass is 32.2. The van der Waals surface area contributed by atoms with Crippen molar-refractivity contribution in [3.05, 3.63) is 5.82 Å². The quantitative estimate of drug-likeness (QED) is 0.693. The fourth-order valence-corrected chi connectivity index (χ4v) is 1.60. The largest absolute Gasteiger partial charge is 0.330 e. The molecule has 1 aromatic rings. The zero-order valence-electron chi connectivity index (χ0n) is 7.45. The first kappa shape index (κ1) is 9.54. The Bertz CT molecular complexity index is 222. The highest BCUT2D eigenvalue weighted by Crippen LogP contribution is 2.14. The number of rotatable bonds is 4. The van der Waals surface area contributed by atoms with E-state index in [9.17, 15) is 0 Å². The Morgan fingerprint density at radius 2 is 2.25 bits per heavy atom. The van der Waals surface area contributed by atoms with Gasteiger partial charge in [0.15, 0.2) is 5.16 Å². The Balaban J connectivity index is 2.74. The average Bonchev–Trinajstić information content (AvgIpc) is 2.38. The van der Waals surface area contributed by atoms with Crippen molar-refractivity contribution in [1.29, 1.82) is 0 Å². The molecule has 0 amide bonds. The summed E-state index contributed by atoms with van der Waals surface area (Å²) in [6.45, 7) is 2.73. The summed E-state index contributed by atoms with van der Waals surface area (Å²) in [7, 11) is 1.98. The maximum absolute atomic E-state index is 5.42. The Kier molecular flexibility index (Phi) is 3.55. The van der Waals surface area contributed by atoms with Gasteiger partial charge < -0.3 is 10.3 Å². The standard InChI is InChI=1S/C7H14N4S/c1-3-12-7-10-9-6(4-5-8)11(7)2/h3-5,8H2,1-2H3. The van der Waals surface area contributed by atoms with Gasteiger partial charge in [0.1, 0.15) is 5.82 Å². The number of nitrogens with zero attached hydrogens (tertiary/aromatic N) is 3. The Labute approximate surface area is 76.5 Å². The molecule has 0 atom stereocenters. The van der Waals surface area contributed by atoms with Crippen LogP contribution in [0.2, 0.25) is 0 Å². The highest BCUT2D eigenvalue weighted by molar-refractivity contribution is 7.99. The van der Waals surface area contributed by atoms with Gasteiger partial charge >= 0.3 is 0 Å². The summed E-state index contributed by atoms with van der Waals surface area (Å²) in [6.07, 6.45) is 0.799. The van der Waals surface area contributed by atoms with Gasteiger partial charge in [-0.3, -0.25) is 0 Å². The summed E-state index contributed by atoms with van der Waals surface area (Å²) in [4.78, 5) is 0. The van der Waals surface area contributed by atoms with Crippen LogP contribution in [-0.2, 0) is 13.5 Å².